The topological polar surface area (TPSA) is 64.9 Å². The highest BCUT2D eigenvalue weighted by Crippen LogP contribution is 2.28. The van der Waals surface area contributed by atoms with Crippen LogP contribution in [-0.2, 0) is 11.8 Å². The summed E-state index contributed by atoms with van der Waals surface area (Å²) in [6.07, 6.45) is 4.53. The fourth-order valence-electron chi connectivity index (χ4n) is 2.16. The standard InChI is InChI=1S/C15H19N3/c1-15(11-16,9-12-4-3-7-18-10-12)13-5-2-6-14(17)8-13/h2-8,10H,9,11,16-17H2,1H3. The Bertz CT molecular complexity index is 510. The molecular weight excluding hydrogens is 222 g/mol. The van der Waals surface area contributed by atoms with Crippen molar-refractivity contribution >= 4 is 5.69 Å². The number of aromatic nitrogens is 1. The molecule has 0 aliphatic carbocycles. The monoisotopic (exact) mass is 241 g/mol. The van der Waals surface area contributed by atoms with Crippen LogP contribution >= 0.6 is 0 Å². The van der Waals surface area contributed by atoms with Gasteiger partial charge < -0.3 is 11.5 Å². The van der Waals surface area contributed by atoms with Gasteiger partial charge in [0.05, 0.1) is 0 Å². The quantitative estimate of drug-likeness (QED) is 0.806. The minimum atomic E-state index is -0.113. The molecule has 2 rings (SSSR count). The summed E-state index contributed by atoms with van der Waals surface area (Å²) >= 11 is 0. The maximum Gasteiger partial charge on any atom is 0.0316 e. The van der Waals surface area contributed by atoms with Gasteiger partial charge in [0.1, 0.15) is 0 Å². The summed E-state index contributed by atoms with van der Waals surface area (Å²) in [6, 6.07) is 12.0. The van der Waals surface area contributed by atoms with Gasteiger partial charge in [0, 0.05) is 30.0 Å². The predicted octanol–water partition coefficient (Wildman–Crippen LogP) is 2.12. The first-order valence-electron chi connectivity index (χ1n) is 6.09. The first-order valence-corrected chi connectivity index (χ1v) is 6.09. The maximum absolute atomic E-state index is 5.98. The molecule has 3 heteroatoms. The number of pyridine rings is 1. The number of hydrogen-bond donors (Lipinski definition) is 2. The molecule has 18 heavy (non-hydrogen) atoms. The second-order valence-electron chi connectivity index (χ2n) is 4.93. The highest BCUT2D eigenvalue weighted by molar-refractivity contribution is 5.44. The van der Waals surface area contributed by atoms with E-state index in [1.165, 1.54) is 11.1 Å². The smallest absolute Gasteiger partial charge is 0.0316 e. The van der Waals surface area contributed by atoms with Gasteiger partial charge in [0.2, 0.25) is 0 Å². The summed E-state index contributed by atoms with van der Waals surface area (Å²) in [5.41, 5.74) is 14.9. The van der Waals surface area contributed by atoms with Crippen LogP contribution in [0.25, 0.3) is 0 Å². The predicted molar refractivity (Wildman–Crippen MR) is 75.2 cm³/mol. The Morgan fingerprint density at radius 2 is 2.06 bits per heavy atom. The lowest BCUT2D eigenvalue weighted by Gasteiger charge is -2.29. The van der Waals surface area contributed by atoms with Crippen LogP contribution in [0.2, 0.25) is 0 Å². The minimum absolute atomic E-state index is 0.113. The van der Waals surface area contributed by atoms with Gasteiger partial charge in [-0.3, -0.25) is 4.98 Å². The minimum Gasteiger partial charge on any atom is -0.399 e. The zero-order chi connectivity index (χ0) is 13.0. The zero-order valence-electron chi connectivity index (χ0n) is 10.6. The highest BCUT2D eigenvalue weighted by atomic mass is 14.6. The summed E-state index contributed by atoms with van der Waals surface area (Å²) in [4.78, 5) is 4.15. The van der Waals surface area contributed by atoms with Crippen molar-refractivity contribution in [2.45, 2.75) is 18.8 Å². The molecule has 0 aliphatic rings. The van der Waals surface area contributed by atoms with E-state index in [1.807, 2.05) is 30.5 Å². The van der Waals surface area contributed by atoms with E-state index in [4.69, 9.17) is 11.5 Å². The van der Waals surface area contributed by atoms with Crippen LogP contribution in [0.4, 0.5) is 5.69 Å². The molecule has 1 heterocycles. The third-order valence-corrected chi connectivity index (χ3v) is 3.35. The van der Waals surface area contributed by atoms with Gasteiger partial charge >= 0.3 is 0 Å². The second-order valence-corrected chi connectivity index (χ2v) is 4.93. The fraction of sp³-hybridized carbons (Fsp3) is 0.267. The first kappa shape index (κ1) is 12.6. The van der Waals surface area contributed by atoms with Crippen molar-refractivity contribution in [3.05, 3.63) is 59.9 Å². The van der Waals surface area contributed by atoms with Gasteiger partial charge in [-0.05, 0) is 35.7 Å². The van der Waals surface area contributed by atoms with Crippen LogP contribution in [-0.4, -0.2) is 11.5 Å². The summed E-state index contributed by atoms with van der Waals surface area (Å²) < 4.78 is 0. The molecule has 0 saturated carbocycles. The summed E-state index contributed by atoms with van der Waals surface area (Å²) in [5, 5.41) is 0. The Balaban J connectivity index is 2.31. The van der Waals surface area contributed by atoms with Crippen molar-refractivity contribution in [3.63, 3.8) is 0 Å². The molecule has 0 amide bonds. The maximum atomic E-state index is 5.98. The van der Waals surface area contributed by atoms with Gasteiger partial charge in [-0.25, -0.2) is 0 Å². The van der Waals surface area contributed by atoms with E-state index < -0.39 is 0 Å². The molecule has 2 aromatic rings. The summed E-state index contributed by atoms with van der Waals surface area (Å²) in [5.74, 6) is 0. The van der Waals surface area contributed by atoms with E-state index in [0.717, 1.165) is 12.1 Å². The highest BCUT2D eigenvalue weighted by Gasteiger charge is 2.25. The molecule has 1 aromatic heterocycles. The van der Waals surface area contributed by atoms with Crippen molar-refractivity contribution in [2.75, 3.05) is 12.3 Å². The molecule has 1 atom stereocenters. The van der Waals surface area contributed by atoms with Crippen LogP contribution in [0.15, 0.2) is 48.8 Å². The van der Waals surface area contributed by atoms with E-state index in [1.54, 1.807) is 6.20 Å². The molecule has 0 aliphatic heterocycles. The Hall–Kier alpha value is -1.87. The molecule has 0 bridgehead atoms. The molecule has 4 N–H and O–H groups in total. The molecule has 0 fully saturated rings. The van der Waals surface area contributed by atoms with E-state index in [9.17, 15) is 0 Å². The van der Waals surface area contributed by atoms with Crippen molar-refractivity contribution in [1.82, 2.24) is 4.98 Å². The molecule has 0 saturated heterocycles. The fourth-order valence-corrected chi connectivity index (χ4v) is 2.16. The van der Waals surface area contributed by atoms with Gasteiger partial charge in [0.25, 0.3) is 0 Å². The van der Waals surface area contributed by atoms with E-state index in [2.05, 4.69) is 24.0 Å². The first-order chi connectivity index (χ1) is 8.64. The van der Waals surface area contributed by atoms with Crippen molar-refractivity contribution in [1.29, 1.82) is 0 Å². The molecule has 1 aromatic carbocycles. The number of benzene rings is 1. The van der Waals surface area contributed by atoms with Gasteiger partial charge in [-0.1, -0.05) is 25.1 Å². The summed E-state index contributed by atoms with van der Waals surface area (Å²) in [6.45, 7) is 2.74. The number of nitrogens with zero attached hydrogens (tertiary/aromatic N) is 1. The summed E-state index contributed by atoms with van der Waals surface area (Å²) in [7, 11) is 0. The average Bonchev–Trinajstić information content (AvgIpc) is 2.40. The Morgan fingerprint density at radius 1 is 1.22 bits per heavy atom. The van der Waals surface area contributed by atoms with Gasteiger partial charge in [0.15, 0.2) is 0 Å². The largest absolute Gasteiger partial charge is 0.399 e. The Morgan fingerprint density at radius 3 is 2.67 bits per heavy atom. The number of anilines is 1. The third kappa shape index (κ3) is 2.68. The van der Waals surface area contributed by atoms with Gasteiger partial charge in [-0.2, -0.15) is 0 Å². The van der Waals surface area contributed by atoms with Gasteiger partial charge in [-0.15, -0.1) is 0 Å². The normalized spacial score (nSPS) is 14.1. The van der Waals surface area contributed by atoms with Crippen molar-refractivity contribution < 1.29 is 0 Å². The molecule has 0 spiro atoms. The SMILES string of the molecule is CC(CN)(Cc1cccnc1)c1cccc(N)c1. The van der Waals surface area contributed by atoms with E-state index in [-0.39, 0.29) is 5.41 Å². The van der Waals surface area contributed by atoms with Crippen LogP contribution < -0.4 is 11.5 Å². The van der Waals surface area contributed by atoms with E-state index in [0.29, 0.717) is 6.54 Å². The zero-order valence-corrected chi connectivity index (χ0v) is 10.6. The van der Waals surface area contributed by atoms with Crippen LogP contribution in [0.1, 0.15) is 18.1 Å². The lowest BCUT2D eigenvalue weighted by atomic mass is 9.77. The molecule has 3 nitrogen and oxygen atoms in total. The second kappa shape index (κ2) is 5.19. The number of rotatable bonds is 4. The van der Waals surface area contributed by atoms with E-state index >= 15 is 0 Å². The van der Waals surface area contributed by atoms with Crippen LogP contribution in [0.3, 0.4) is 0 Å². The molecule has 1 unspecified atom stereocenters. The number of nitrogens with two attached hydrogens (primary N) is 2. The van der Waals surface area contributed by atoms with Crippen LogP contribution in [0.5, 0.6) is 0 Å². The number of nitrogen functional groups attached to an aromatic ring is 1. The van der Waals surface area contributed by atoms with Crippen molar-refractivity contribution in [2.24, 2.45) is 5.73 Å². The molecular formula is C15H19N3. The third-order valence-electron chi connectivity index (χ3n) is 3.35. The van der Waals surface area contributed by atoms with Crippen molar-refractivity contribution in [3.8, 4) is 0 Å². The lowest BCUT2D eigenvalue weighted by molar-refractivity contribution is 0.480. The average molecular weight is 241 g/mol. The lowest BCUT2D eigenvalue weighted by Crippen LogP contribution is -2.34. The number of hydrogen-bond acceptors (Lipinski definition) is 3. The Kier molecular flexibility index (Phi) is 3.63. The van der Waals surface area contributed by atoms with Crippen LogP contribution in [0, 0.1) is 0 Å². The molecule has 94 valence electrons. The molecule has 0 radical (unpaired) electrons. The Labute approximate surface area is 108 Å².